The number of likely N-dealkylation sites (N-methyl/N-ethyl adjacent to an activating group) is 1. The first-order valence-corrected chi connectivity index (χ1v) is 8.46. The molecule has 1 saturated heterocycles. The number of pyridine rings is 1. The van der Waals surface area contributed by atoms with Crippen molar-refractivity contribution in [3.63, 3.8) is 0 Å². The average Bonchev–Trinajstić information content (AvgIpc) is 3.07. The minimum absolute atomic E-state index is 0.336. The molecule has 0 saturated carbocycles. The molecular formula is C18H20N6O2. The Morgan fingerprint density at radius 2 is 2.04 bits per heavy atom. The Morgan fingerprint density at radius 3 is 2.81 bits per heavy atom. The lowest BCUT2D eigenvalue weighted by molar-refractivity contribution is 0.211. The van der Waals surface area contributed by atoms with Gasteiger partial charge in [0.2, 0.25) is 0 Å². The number of carbonyl (C=O) groups excluding carboxylic acids is 1. The van der Waals surface area contributed by atoms with Crippen LogP contribution in [0.1, 0.15) is 0 Å². The summed E-state index contributed by atoms with van der Waals surface area (Å²) in [6.07, 6.45) is 2.74. The van der Waals surface area contributed by atoms with E-state index < -0.39 is 6.09 Å². The van der Waals surface area contributed by atoms with Crippen LogP contribution in [0.4, 0.5) is 10.5 Å². The monoisotopic (exact) mass is 352 g/mol. The Kier molecular flexibility index (Phi) is 4.18. The fraction of sp³-hybridized carbons (Fsp3) is 0.278. The van der Waals surface area contributed by atoms with Gasteiger partial charge >= 0.3 is 6.09 Å². The maximum absolute atomic E-state index is 11.1. The van der Waals surface area contributed by atoms with Gasteiger partial charge in [0.05, 0.1) is 16.8 Å². The van der Waals surface area contributed by atoms with Crippen molar-refractivity contribution < 1.29 is 9.53 Å². The topological polar surface area (TPSA) is 100 Å². The Morgan fingerprint density at radius 1 is 1.23 bits per heavy atom. The highest BCUT2D eigenvalue weighted by Gasteiger charge is 2.20. The second-order valence-corrected chi connectivity index (χ2v) is 6.34. The summed E-state index contributed by atoms with van der Waals surface area (Å²) in [5.41, 5.74) is 8.48. The zero-order valence-electron chi connectivity index (χ0n) is 14.5. The van der Waals surface area contributed by atoms with Crippen molar-refractivity contribution in [2.24, 2.45) is 5.73 Å². The Hall–Kier alpha value is -3.13. The van der Waals surface area contributed by atoms with E-state index in [4.69, 9.17) is 10.5 Å². The van der Waals surface area contributed by atoms with Crippen molar-refractivity contribution in [3.05, 3.63) is 36.7 Å². The van der Waals surface area contributed by atoms with Crippen molar-refractivity contribution in [1.82, 2.24) is 19.9 Å². The molecule has 1 aliphatic rings. The number of piperazine rings is 1. The quantitative estimate of drug-likeness (QED) is 0.746. The van der Waals surface area contributed by atoms with Crippen molar-refractivity contribution in [2.75, 3.05) is 38.1 Å². The van der Waals surface area contributed by atoms with Gasteiger partial charge in [-0.15, -0.1) is 0 Å². The predicted octanol–water partition coefficient (Wildman–Crippen LogP) is 1.83. The minimum atomic E-state index is -0.860. The van der Waals surface area contributed by atoms with E-state index >= 15 is 0 Å². The number of para-hydroxylation sites is 1. The second kappa shape index (κ2) is 6.64. The molecule has 3 aromatic rings. The van der Waals surface area contributed by atoms with E-state index in [-0.39, 0.29) is 0 Å². The van der Waals surface area contributed by atoms with E-state index in [1.807, 2.05) is 12.1 Å². The fourth-order valence-corrected chi connectivity index (χ4v) is 3.22. The number of aromatic amines is 1. The number of hydrogen-bond donors (Lipinski definition) is 2. The van der Waals surface area contributed by atoms with Gasteiger partial charge in [-0.3, -0.25) is 4.98 Å². The summed E-state index contributed by atoms with van der Waals surface area (Å²) in [6, 6.07) is 7.34. The first-order chi connectivity index (χ1) is 12.6. The highest BCUT2D eigenvalue weighted by molar-refractivity contribution is 5.88. The molecule has 3 N–H and O–H groups in total. The molecule has 0 unspecified atom stereocenters. The SMILES string of the molecule is CN1CCN(c2ccncc2-c2nc3c(OC(N)=O)cccc3[nH]2)CC1. The molecule has 134 valence electrons. The van der Waals surface area contributed by atoms with E-state index in [9.17, 15) is 4.79 Å². The van der Waals surface area contributed by atoms with Gasteiger partial charge in [0.1, 0.15) is 11.3 Å². The van der Waals surface area contributed by atoms with Gasteiger partial charge in [0.15, 0.2) is 5.75 Å². The zero-order valence-corrected chi connectivity index (χ0v) is 14.5. The molecule has 0 bridgehead atoms. The van der Waals surface area contributed by atoms with Crippen LogP contribution in [-0.2, 0) is 0 Å². The number of amides is 1. The molecule has 0 atom stereocenters. The highest BCUT2D eigenvalue weighted by atomic mass is 16.5. The summed E-state index contributed by atoms with van der Waals surface area (Å²) in [7, 11) is 2.13. The van der Waals surface area contributed by atoms with Crippen LogP contribution < -0.4 is 15.4 Å². The lowest BCUT2D eigenvalue weighted by Crippen LogP contribution is -2.44. The number of nitrogens with one attached hydrogen (secondary N) is 1. The smallest absolute Gasteiger partial charge is 0.408 e. The maximum Gasteiger partial charge on any atom is 0.410 e. The zero-order chi connectivity index (χ0) is 18.1. The second-order valence-electron chi connectivity index (χ2n) is 6.34. The number of hydrogen-bond acceptors (Lipinski definition) is 6. The van der Waals surface area contributed by atoms with Gasteiger partial charge in [-0.25, -0.2) is 9.78 Å². The molecule has 1 aliphatic heterocycles. The van der Waals surface area contributed by atoms with E-state index in [0.717, 1.165) is 42.9 Å². The third-order valence-corrected chi connectivity index (χ3v) is 4.58. The largest absolute Gasteiger partial charge is 0.410 e. The number of anilines is 1. The Bertz CT molecular complexity index is 946. The lowest BCUT2D eigenvalue weighted by Gasteiger charge is -2.34. The number of aromatic nitrogens is 3. The van der Waals surface area contributed by atoms with Gasteiger partial charge in [-0.2, -0.15) is 0 Å². The number of fused-ring (bicyclic) bond motifs is 1. The fourth-order valence-electron chi connectivity index (χ4n) is 3.22. The molecule has 2 aromatic heterocycles. The van der Waals surface area contributed by atoms with Crippen LogP contribution in [0.25, 0.3) is 22.4 Å². The number of imidazole rings is 1. The normalized spacial score (nSPS) is 15.3. The molecule has 4 rings (SSSR count). The van der Waals surface area contributed by atoms with Crippen LogP contribution in [0.5, 0.6) is 5.75 Å². The highest BCUT2D eigenvalue weighted by Crippen LogP contribution is 2.32. The van der Waals surface area contributed by atoms with Crippen molar-refractivity contribution >= 4 is 22.8 Å². The summed E-state index contributed by atoms with van der Waals surface area (Å²) >= 11 is 0. The molecule has 3 heterocycles. The molecule has 8 nitrogen and oxygen atoms in total. The van der Waals surface area contributed by atoms with Crippen molar-refractivity contribution in [2.45, 2.75) is 0 Å². The van der Waals surface area contributed by atoms with Gasteiger partial charge in [0.25, 0.3) is 0 Å². The van der Waals surface area contributed by atoms with E-state index in [0.29, 0.717) is 17.1 Å². The number of primary amides is 1. The number of H-pyrrole nitrogens is 1. The van der Waals surface area contributed by atoms with Gasteiger partial charge < -0.3 is 25.3 Å². The summed E-state index contributed by atoms with van der Waals surface area (Å²) in [5.74, 6) is 1.02. The van der Waals surface area contributed by atoms with Crippen LogP contribution in [0.2, 0.25) is 0 Å². The first-order valence-electron chi connectivity index (χ1n) is 8.46. The lowest BCUT2D eigenvalue weighted by atomic mass is 10.2. The van der Waals surface area contributed by atoms with E-state index in [2.05, 4.69) is 31.8 Å². The number of nitrogens with zero attached hydrogens (tertiary/aromatic N) is 4. The molecule has 0 spiro atoms. The van der Waals surface area contributed by atoms with Gasteiger partial charge in [0, 0.05) is 38.6 Å². The third-order valence-electron chi connectivity index (χ3n) is 4.58. The van der Waals surface area contributed by atoms with Crippen LogP contribution in [0.15, 0.2) is 36.7 Å². The maximum atomic E-state index is 11.1. The molecule has 0 aliphatic carbocycles. The summed E-state index contributed by atoms with van der Waals surface area (Å²) in [4.78, 5) is 28.0. The van der Waals surface area contributed by atoms with Crippen LogP contribution in [0, 0.1) is 0 Å². The molecule has 0 radical (unpaired) electrons. The Balaban J connectivity index is 1.75. The molecule has 26 heavy (non-hydrogen) atoms. The first kappa shape index (κ1) is 16.3. The van der Waals surface area contributed by atoms with Crippen molar-refractivity contribution in [1.29, 1.82) is 0 Å². The molecule has 1 aromatic carbocycles. The third kappa shape index (κ3) is 3.06. The molecule has 1 amide bonds. The molecule has 1 fully saturated rings. The number of ether oxygens (including phenoxy) is 1. The predicted molar refractivity (Wildman–Crippen MR) is 99.2 cm³/mol. The van der Waals surface area contributed by atoms with Crippen LogP contribution >= 0.6 is 0 Å². The van der Waals surface area contributed by atoms with Gasteiger partial charge in [-0.1, -0.05) is 6.07 Å². The number of nitrogens with two attached hydrogens (primary N) is 1. The standard InChI is InChI=1S/C18H20N6O2/c1-23-7-9-24(10-8-23)14-5-6-20-11-12(14)17-21-13-3-2-4-15(16(13)22-17)26-18(19)25/h2-6,11H,7-10H2,1H3,(H2,19,25)(H,21,22). The summed E-state index contributed by atoms with van der Waals surface area (Å²) in [6.45, 7) is 3.92. The average molecular weight is 352 g/mol. The van der Waals surface area contributed by atoms with Gasteiger partial charge in [-0.05, 0) is 25.2 Å². The number of rotatable bonds is 3. The molecule has 8 heteroatoms. The summed E-state index contributed by atoms with van der Waals surface area (Å²) in [5, 5.41) is 0. The minimum Gasteiger partial charge on any atom is -0.408 e. The molecular weight excluding hydrogens is 332 g/mol. The number of carbonyl (C=O) groups is 1. The number of benzene rings is 1. The van der Waals surface area contributed by atoms with Crippen molar-refractivity contribution in [3.8, 4) is 17.1 Å². The van der Waals surface area contributed by atoms with E-state index in [1.54, 1.807) is 24.5 Å². The van der Waals surface area contributed by atoms with E-state index in [1.165, 1.54) is 0 Å². The summed E-state index contributed by atoms with van der Waals surface area (Å²) < 4.78 is 5.06. The van der Waals surface area contributed by atoms with Crippen LogP contribution in [-0.4, -0.2) is 59.2 Å². The Labute approximate surface area is 150 Å². The van der Waals surface area contributed by atoms with Crippen LogP contribution in [0.3, 0.4) is 0 Å².